The number of esters is 1. The minimum absolute atomic E-state index is 0.0827. The molecule has 1 aliphatic rings. The lowest BCUT2D eigenvalue weighted by molar-refractivity contribution is -0.146. The van der Waals surface area contributed by atoms with Gasteiger partial charge in [0.05, 0.1) is 30.0 Å². The average molecular weight is 444 g/mol. The fourth-order valence-corrected chi connectivity index (χ4v) is 3.99. The van der Waals surface area contributed by atoms with Crippen LogP contribution in [0.1, 0.15) is 42.1 Å². The molecule has 0 bridgehead atoms. The molecule has 1 aromatic carbocycles. The third kappa shape index (κ3) is 4.87. The highest BCUT2D eigenvalue weighted by Crippen LogP contribution is 2.18. The molecule has 0 amide bonds. The number of nitrogens with one attached hydrogen (secondary N) is 2. The minimum atomic E-state index is -0.171. The maximum absolute atomic E-state index is 13.0. The van der Waals surface area contributed by atoms with Crippen molar-refractivity contribution in [1.29, 1.82) is 0 Å². The number of benzene rings is 1. The number of ether oxygens (including phenoxy) is 1. The number of rotatable bonds is 4. The molecule has 0 saturated carbocycles. The number of nitrogens with zero attached hydrogens (tertiary/aromatic N) is 3. The van der Waals surface area contributed by atoms with Gasteiger partial charge in [-0.25, -0.2) is 4.68 Å². The zero-order valence-electron chi connectivity index (χ0n) is 18.6. The van der Waals surface area contributed by atoms with Gasteiger partial charge in [-0.1, -0.05) is 6.07 Å². The van der Waals surface area contributed by atoms with E-state index < -0.39 is 0 Å². The van der Waals surface area contributed by atoms with E-state index in [4.69, 9.17) is 17.0 Å². The van der Waals surface area contributed by atoms with Gasteiger partial charge in [0, 0.05) is 18.8 Å². The first-order valence-electron chi connectivity index (χ1n) is 10.3. The van der Waals surface area contributed by atoms with Crippen LogP contribution in [0.25, 0.3) is 5.69 Å². The summed E-state index contributed by atoms with van der Waals surface area (Å²) in [4.78, 5) is 26.7. The van der Waals surface area contributed by atoms with Crippen LogP contribution >= 0.6 is 12.2 Å². The Labute approximate surface area is 187 Å². The van der Waals surface area contributed by atoms with Crippen molar-refractivity contribution in [3.63, 3.8) is 0 Å². The molecule has 3 rings (SSSR count). The Balaban J connectivity index is 1.71. The second-order valence-corrected chi connectivity index (χ2v) is 8.31. The van der Waals surface area contributed by atoms with Gasteiger partial charge < -0.3 is 9.64 Å². The molecule has 0 aliphatic carbocycles. The number of aryl methyl sites for hydroxylation is 3. The molecule has 0 unspecified atom stereocenters. The van der Waals surface area contributed by atoms with Gasteiger partial charge in [0.2, 0.25) is 0 Å². The molecule has 0 radical (unpaired) electrons. The van der Waals surface area contributed by atoms with E-state index in [0.717, 1.165) is 16.9 Å². The molecule has 8 nitrogen and oxygen atoms in total. The number of piperidine rings is 1. The Morgan fingerprint density at radius 1 is 1.23 bits per heavy atom. The summed E-state index contributed by atoms with van der Waals surface area (Å²) < 4.78 is 6.35. The molecule has 166 valence electrons. The summed E-state index contributed by atoms with van der Waals surface area (Å²) in [5.41, 5.74) is 7.61. The number of aromatic amines is 1. The quantitative estimate of drug-likeness (QED) is 0.327. The number of hydrazone groups is 1. The number of hydrogen-bond donors (Lipinski definition) is 2. The van der Waals surface area contributed by atoms with Crippen molar-refractivity contribution in [3.8, 4) is 5.69 Å². The Hall–Kier alpha value is -2.94. The van der Waals surface area contributed by atoms with E-state index in [2.05, 4.69) is 15.6 Å². The van der Waals surface area contributed by atoms with Crippen LogP contribution in [0.2, 0.25) is 0 Å². The van der Waals surface area contributed by atoms with Gasteiger partial charge in [0.15, 0.2) is 5.11 Å². The second-order valence-electron chi connectivity index (χ2n) is 7.92. The molecule has 2 heterocycles. The number of aromatic nitrogens is 2. The maximum atomic E-state index is 13.0. The van der Waals surface area contributed by atoms with Crippen LogP contribution < -0.4 is 11.0 Å². The van der Waals surface area contributed by atoms with Crippen molar-refractivity contribution in [2.45, 2.75) is 40.5 Å². The van der Waals surface area contributed by atoms with E-state index in [9.17, 15) is 9.59 Å². The molecule has 2 aromatic rings. The summed E-state index contributed by atoms with van der Waals surface area (Å²) in [7, 11) is 1.41. The summed E-state index contributed by atoms with van der Waals surface area (Å²) in [6.45, 7) is 9.00. The zero-order chi connectivity index (χ0) is 22.7. The van der Waals surface area contributed by atoms with Crippen LogP contribution in [0.3, 0.4) is 0 Å². The number of carbonyl (C=O) groups excluding carboxylic acids is 1. The Morgan fingerprint density at radius 2 is 1.90 bits per heavy atom. The summed E-state index contributed by atoms with van der Waals surface area (Å²) in [5.74, 6) is -0.254. The first-order valence-corrected chi connectivity index (χ1v) is 10.7. The summed E-state index contributed by atoms with van der Waals surface area (Å²) in [6, 6.07) is 5.90. The smallest absolute Gasteiger partial charge is 0.308 e. The highest BCUT2D eigenvalue weighted by Gasteiger charge is 2.26. The molecular weight excluding hydrogens is 414 g/mol. The molecule has 2 N–H and O–H groups in total. The lowest BCUT2D eigenvalue weighted by Gasteiger charge is -2.31. The summed E-state index contributed by atoms with van der Waals surface area (Å²) >= 11 is 5.45. The summed E-state index contributed by atoms with van der Waals surface area (Å²) in [5, 5.41) is 7.97. The van der Waals surface area contributed by atoms with Crippen molar-refractivity contribution < 1.29 is 9.53 Å². The monoisotopic (exact) mass is 443 g/mol. The van der Waals surface area contributed by atoms with E-state index in [-0.39, 0.29) is 17.4 Å². The zero-order valence-corrected chi connectivity index (χ0v) is 19.4. The first-order chi connectivity index (χ1) is 14.7. The lowest BCUT2D eigenvalue weighted by atomic mass is 9.97. The first kappa shape index (κ1) is 22.7. The number of hydrogen-bond acceptors (Lipinski definition) is 5. The number of methoxy groups -OCH3 is 1. The number of H-pyrrole nitrogens is 1. The number of carbonyl (C=O) groups is 1. The van der Waals surface area contributed by atoms with Gasteiger partial charge in [-0.05, 0) is 76.0 Å². The van der Waals surface area contributed by atoms with Gasteiger partial charge in [-0.3, -0.25) is 20.1 Å². The van der Waals surface area contributed by atoms with Crippen LogP contribution in [0.4, 0.5) is 0 Å². The van der Waals surface area contributed by atoms with Crippen molar-refractivity contribution in [3.05, 3.63) is 50.9 Å². The fraction of sp³-hybridized carbons (Fsp3) is 0.455. The van der Waals surface area contributed by atoms with E-state index in [1.807, 2.05) is 43.9 Å². The molecule has 1 aliphatic heterocycles. The van der Waals surface area contributed by atoms with Crippen LogP contribution in [0.15, 0.2) is 28.1 Å². The Kier molecular flexibility index (Phi) is 6.94. The third-order valence-corrected chi connectivity index (χ3v) is 6.17. The largest absolute Gasteiger partial charge is 0.469 e. The average Bonchev–Trinajstić information content (AvgIpc) is 3.07. The molecule has 1 fully saturated rings. The molecule has 31 heavy (non-hydrogen) atoms. The minimum Gasteiger partial charge on any atom is -0.469 e. The van der Waals surface area contributed by atoms with Crippen molar-refractivity contribution in [1.82, 2.24) is 20.1 Å². The predicted molar refractivity (Wildman–Crippen MR) is 125 cm³/mol. The van der Waals surface area contributed by atoms with Crippen LogP contribution in [-0.2, 0) is 9.53 Å². The van der Waals surface area contributed by atoms with Gasteiger partial charge in [-0.2, -0.15) is 5.10 Å². The van der Waals surface area contributed by atoms with Crippen molar-refractivity contribution in [2.75, 3.05) is 20.2 Å². The Morgan fingerprint density at radius 3 is 2.52 bits per heavy atom. The van der Waals surface area contributed by atoms with E-state index in [1.54, 1.807) is 6.92 Å². The highest BCUT2D eigenvalue weighted by molar-refractivity contribution is 7.80. The fourth-order valence-electron chi connectivity index (χ4n) is 3.76. The predicted octanol–water partition coefficient (Wildman–Crippen LogP) is 2.57. The van der Waals surface area contributed by atoms with E-state index >= 15 is 0 Å². The van der Waals surface area contributed by atoms with Gasteiger partial charge in [-0.15, -0.1) is 0 Å². The highest BCUT2D eigenvalue weighted by atomic mass is 32.1. The molecular formula is C22H29N5O3S. The number of likely N-dealkylation sites (tertiary alicyclic amines) is 1. The maximum Gasteiger partial charge on any atom is 0.308 e. The van der Waals surface area contributed by atoms with Crippen LogP contribution in [0.5, 0.6) is 0 Å². The Bertz CT molecular complexity index is 1080. The number of thiocarbonyl (C=S) groups is 1. The van der Waals surface area contributed by atoms with E-state index in [0.29, 0.717) is 42.3 Å². The molecule has 0 spiro atoms. The topological polar surface area (TPSA) is 91.7 Å². The van der Waals surface area contributed by atoms with Gasteiger partial charge >= 0.3 is 5.97 Å². The van der Waals surface area contributed by atoms with Crippen molar-refractivity contribution in [2.24, 2.45) is 11.0 Å². The molecule has 9 heteroatoms. The van der Waals surface area contributed by atoms with Gasteiger partial charge in [0.1, 0.15) is 0 Å². The van der Waals surface area contributed by atoms with Crippen molar-refractivity contribution >= 4 is 29.0 Å². The molecule has 1 saturated heterocycles. The molecule has 1 aromatic heterocycles. The third-order valence-electron chi connectivity index (χ3n) is 5.82. The van der Waals surface area contributed by atoms with E-state index in [1.165, 1.54) is 17.4 Å². The molecule has 0 atom stereocenters. The summed E-state index contributed by atoms with van der Waals surface area (Å²) in [6.07, 6.45) is 1.38. The van der Waals surface area contributed by atoms with Gasteiger partial charge in [0.25, 0.3) is 5.56 Å². The lowest BCUT2D eigenvalue weighted by Crippen LogP contribution is -2.44. The normalized spacial score (nSPS) is 15.1. The standard InChI is InChI=1S/C22H29N5O3S/c1-13-6-7-18(12-14(13)2)27-20(28)19(16(4)25-27)15(3)23-24-22(31)26-10-8-17(9-11-26)21(29)30-5/h6-7,12,17,25H,8-11H2,1-5H3,(H,24,31). The SMILES string of the molecule is COC(=O)C1CCN(C(=S)NN=C(C)c2c(C)[nH]n(-c3ccc(C)c(C)c3)c2=O)CC1. The second kappa shape index (κ2) is 9.47. The van der Waals surface area contributed by atoms with Crippen LogP contribution in [-0.4, -0.2) is 51.7 Å². The van der Waals surface area contributed by atoms with Crippen LogP contribution in [0, 0.1) is 26.7 Å².